The molecule has 116 valence electrons. The van der Waals surface area contributed by atoms with E-state index < -0.39 is 30.4 Å². The van der Waals surface area contributed by atoms with E-state index in [0.29, 0.717) is 0 Å². The minimum atomic E-state index is -1.29. The van der Waals surface area contributed by atoms with Gasteiger partial charge in [-0.1, -0.05) is 6.92 Å². The quantitative estimate of drug-likeness (QED) is 0.644. The van der Waals surface area contributed by atoms with E-state index in [1.807, 2.05) is 13.2 Å². The number of carboxylic acid groups (broad SMARTS) is 1. The first kappa shape index (κ1) is 18.6. The largest absolute Gasteiger partial charge is 0.480 e. The van der Waals surface area contributed by atoms with E-state index in [2.05, 4.69) is 10.1 Å². The van der Waals surface area contributed by atoms with Crippen molar-refractivity contribution < 1.29 is 24.2 Å². The molecule has 0 heterocycles. The van der Waals surface area contributed by atoms with Crippen LogP contribution >= 0.6 is 11.8 Å². The number of hydrogen-bond donors (Lipinski definition) is 2. The fraction of sp³-hybridized carbons (Fsp3) is 0.750. The van der Waals surface area contributed by atoms with Crippen molar-refractivity contribution in [1.29, 1.82) is 0 Å². The van der Waals surface area contributed by atoms with Crippen LogP contribution in [0.25, 0.3) is 0 Å². The average molecular weight is 306 g/mol. The van der Waals surface area contributed by atoms with Gasteiger partial charge in [-0.05, 0) is 12.7 Å². The first-order valence-corrected chi connectivity index (χ1v) is 7.58. The van der Waals surface area contributed by atoms with Crippen LogP contribution in [0.3, 0.4) is 0 Å². The summed E-state index contributed by atoms with van der Waals surface area (Å²) in [4.78, 5) is 35.6. The maximum Gasteiger partial charge on any atom is 0.326 e. The van der Waals surface area contributed by atoms with Gasteiger partial charge in [0.15, 0.2) is 0 Å². The first-order valence-electron chi connectivity index (χ1n) is 6.19. The lowest BCUT2D eigenvalue weighted by Gasteiger charge is -2.28. The van der Waals surface area contributed by atoms with Crippen molar-refractivity contribution >= 4 is 29.7 Å². The molecule has 0 radical (unpaired) electrons. The fourth-order valence-corrected chi connectivity index (χ4v) is 2.41. The summed E-state index contributed by atoms with van der Waals surface area (Å²) in [5.74, 6) is -1.19. The Hall–Kier alpha value is -1.44. The van der Waals surface area contributed by atoms with Gasteiger partial charge in [0, 0.05) is 18.8 Å². The lowest BCUT2D eigenvalue weighted by molar-refractivity contribution is -0.147. The lowest BCUT2D eigenvalue weighted by atomic mass is 10.2. The molecule has 0 aromatic carbocycles. The van der Waals surface area contributed by atoms with Gasteiger partial charge in [-0.3, -0.25) is 4.79 Å². The molecule has 20 heavy (non-hydrogen) atoms. The number of ether oxygens (including phenoxy) is 1. The standard InChI is InChI=1S/C12H22N2O5S/c1-5-8(7-20-4)14(2)12(18)13-9(11(16)17)6-10(15)19-3/h8-9H,5-7H2,1-4H3,(H,13,18)(H,16,17)/t8?,9-/m0/s1. The minimum Gasteiger partial charge on any atom is -0.480 e. The third-order valence-corrected chi connectivity index (χ3v) is 3.61. The van der Waals surface area contributed by atoms with Gasteiger partial charge in [-0.25, -0.2) is 9.59 Å². The van der Waals surface area contributed by atoms with E-state index in [-0.39, 0.29) is 6.04 Å². The molecule has 2 N–H and O–H groups in total. The van der Waals surface area contributed by atoms with Gasteiger partial charge < -0.3 is 20.1 Å². The molecule has 0 saturated heterocycles. The molecule has 0 fully saturated rings. The number of methoxy groups -OCH3 is 1. The van der Waals surface area contributed by atoms with E-state index in [0.717, 1.165) is 12.2 Å². The summed E-state index contributed by atoms with van der Waals surface area (Å²) in [5, 5.41) is 11.3. The van der Waals surface area contributed by atoms with Crippen LogP contribution < -0.4 is 5.32 Å². The van der Waals surface area contributed by atoms with Crippen LogP contribution in [0.15, 0.2) is 0 Å². The summed E-state index contributed by atoms with van der Waals surface area (Å²) >= 11 is 1.61. The number of carboxylic acids is 1. The second kappa shape index (κ2) is 9.46. The molecule has 0 aliphatic heterocycles. The van der Waals surface area contributed by atoms with Gasteiger partial charge in [0.05, 0.1) is 13.5 Å². The zero-order valence-electron chi connectivity index (χ0n) is 12.2. The number of thioether (sulfide) groups is 1. The summed E-state index contributed by atoms with van der Waals surface area (Å²) < 4.78 is 4.41. The fourth-order valence-electron chi connectivity index (χ4n) is 1.56. The molecule has 0 spiro atoms. The number of rotatable bonds is 8. The van der Waals surface area contributed by atoms with Crippen molar-refractivity contribution in [2.45, 2.75) is 31.8 Å². The number of urea groups is 1. The number of carbonyl (C=O) groups excluding carboxylic acids is 2. The number of carbonyl (C=O) groups is 3. The molecule has 0 aliphatic rings. The molecule has 0 saturated carbocycles. The van der Waals surface area contributed by atoms with Gasteiger partial charge in [0.2, 0.25) is 0 Å². The molecule has 0 aliphatic carbocycles. The third-order valence-electron chi connectivity index (χ3n) is 2.89. The summed E-state index contributed by atoms with van der Waals surface area (Å²) in [7, 11) is 2.78. The van der Waals surface area contributed by atoms with E-state index in [9.17, 15) is 14.4 Å². The summed E-state index contributed by atoms with van der Waals surface area (Å²) in [6.07, 6.45) is 2.30. The van der Waals surface area contributed by atoms with Crippen LogP contribution in [0.4, 0.5) is 4.79 Å². The molecular formula is C12H22N2O5S. The summed E-state index contributed by atoms with van der Waals surface area (Å²) in [6, 6.07) is -1.79. The minimum absolute atomic E-state index is 0.0116. The number of amides is 2. The van der Waals surface area contributed by atoms with E-state index in [4.69, 9.17) is 5.11 Å². The van der Waals surface area contributed by atoms with Crippen molar-refractivity contribution in [3.63, 3.8) is 0 Å². The Morgan fingerprint density at radius 3 is 2.40 bits per heavy atom. The van der Waals surface area contributed by atoms with Crippen molar-refractivity contribution in [2.75, 3.05) is 26.2 Å². The monoisotopic (exact) mass is 306 g/mol. The molecule has 0 bridgehead atoms. The Morgan fingerprint density at radius 1 is 1.40 bits per heavy atom. The number of esters is 1. The highest BCUT2D eigenvalue weighted by atomic mass is 32.2. The topological polar surface area (TPSA) is 95.9 Å². The molecular weight excluding hydrogens is 284 g/mol. The van der Waals surface area contributed by atoms with Gasteiger partial charge in [-0.15, -0.1) is 0 Å². The maximum atomic E-state index is 12.0. The van der Waals surface area contributed by atoms with Crippen LogP contribution in [-0.2, 0) is 14.3 Å². The highest BCUT2D eigenvalue weighted by Crippen LogP contribution is 2.09. The molecule has 1 unspecified atom stereocenters. The molecule has 0 rings (SSSR count). The van der Waals surface area contributed by atoms with Crippen LogP contribution in [0, 0.1) is 0 Å². The summed E-state index contributed by atoms with van der Waals surface area (Å²) in [5.41, 5.74) is 0. The Balaban J connectivity index is 4.66. The van der Waals surface area contributed by atoms with E-state index in [1.54, 1.807) is 18.8 Å². The predicted molar refractivity (Wildman–Crippen MR) is 76.8 cm³/mol. The van der Waals surface area contributed by atoms with Crippen molar-refractivity contribution in [3.05, 3.63) is 0 Å². The predicted octanol–water partition coefficient (Wildman–Crippen LogP) is 0.786. The number of aliphatic carboxylic acids is 1. The Morgan fingerprint density at radius 2 is 2.00 bits per heavy atom. The Kier molecular flexibility index (Phi) is 8.78. The second-order valence-electron chi connectivity index (χ2n) is 4.25. The SMILES string of the molecule is CCC(CSC)N(C)C(=O)N[C@@H](CC(=O)OC)C(=O)O. The highest BCUT2D eigenvalue weighted by Gasteiger charge is 2.26. The molecule has 0 aromatic rings. The lowest BCUT2D eigenvalue weighted by Crippen LogP contribution is -2.51. The van der Waals surface area contributed by atoms with Crippen LogP contribution in [0.5, 0.6) is 0 Å². The number of nitrogens with zero attached hydrogens (tertiary/aromatic N) is 1. The zero-order valence-corrected chi connectivity index (χ0v) is 13.0. The molecule has 2 atom stereocenters. The summed E-state index contributed by atoms with van der Waals surface area (Å²) in [6.45, 7) is 1.95. The van der Waals surface area contributed by atoms with Crippen molar-refractivity contribution in [1.82, 2.24) is 10.2 Å². The zero-order chi connectivity index (χ0) is 15.7. The van der Waals surface area contributed by atoms with Crippen molar-refractivity contribution in [2.24, 2.45) is 0 Å². The second-order valence-corrected chi connectivity index (χ2v) is 5.16. The van der Waals surface area contributed by atoms with E-state index in [1.165, 1.54) is 12.0 Å². The molecule has 7 nitrogen and oxygen atoms in total. The van der Waals surface area contributed by atoms with Crippen LogP contribution in [0.1, 0.15) is 19.8 Å². The maximum absolute atomic E-state index is 12.0. The molecule has 0 aromatic heterocycles. The Labute approximate surface area is 123 Å². The van der Waals surface area contributed by atoms with Crippen LogP contribution in [0.2, 0.25) is 0 Å². The first-order chi connectivity index (χ1) is 9.37. The number of hydrogen-bond acceptors (Lipinski definition) is 5. The average Bonchev–Trinajstić information content (AvgIpc) is 2.42. The van der Waals surface area contributed by atoms with Gasteiger partial charge in [-0.2, -0.15) is 11.8 Å². The molecule has 2 amide bonds. The Bertz CT molecular complexity index is 351. The smallest absolute Gasteiger partial charge is 0.326 e. The number of nitrogens with one attached hydrogen (secondary N) is 1. The van der Waals surface area contributed by atoms with E-state index >= 15 is 0 Å². The third kappa shape index (κ3) is 6.14. The van der Waals surface area contributed by atoms with Crippen molar-refractivity contribution in [3.8, 4) is 0 Å². The van der Waals surface area contributed by atoms with Crippen LogP contribution in [-0.4, -0.2) is 66.2 Å². The highest BCUT2D eigenvalue weighted by molar-refractivity contribution is 7.98. The van der Waals surface area contributed by atoms with Gasteiger partial charge in [0.25, 0.3) is 0 Å². The normalized spacial score (nSPS) is 13.2. The van der Waals surface area contributed by atoms with Gasteiger partial charge >= 0.3 is 18.0 Å². The van der Waals surface area contributed by atoms with Gasteiger partial charge in [0.1, 0.15) is 6.04 Å². The molecule has 8 heteroatoms.